The molecule has 0 aliphatic rings. The zero-order valence-corrected chi connectivity index (χ0v) is 12.0. The molecule has 0 fully saturated rings. The molecule has 1 aromatic heterocycles. The van der Waals surface area contributed by atoms with Crippen molar-refractivity contribution in [2.75, 3.05) is 6.61 Å². The number of carboxylic acid groups (broad SMARTS) is 1. The Hall–Kier alpha value is -2.31. The maximum absolute atomic E-state index is 11.8. The van der Waals surface area contributed by atoms with Crippen molar-refractivity contribution in [3.05, 3.63) is 28.2 Å². The van der Waals surface area contributed by atoms with Gasteiger partial charge in [0.1, 0.15) is 0 Å². The first-order valence-electron chi connectivity index (χ1n) is 6.85. The molecule has 0 bridgehead atoms. The van der Waals surface area contributed by atoms with Crippen LogP contribution in [0.1, 0.15) is 38.3 Å². The quantitative estimate of drug-likeness (QED) is 0.590. The van der Waals surface area contributed by atoms with E-state index in [4.69, 9.17) is 9.84 Å². The van der Waals surface area contributed by atoms with Gasteiger partial charge < -0.3 is 20.1 Å². The number of nitrogens with one attached hydrogen (secondary N) is 2. The standard InChI is InChI=1S/C14H20N2O5/c1-2-3-6-21-12-9-15-10(7-11(12)17)8-16-13(18)4-5-14(19)20/h7,9H,2-6,8H2,1H3,(H,15,17)(H,16,18)(H,19,20). The summed E-state index contributed by atoms with van der Waals surface area (Å²) in [7, 11) is 0. The van der Waals surface area contributed by atoms with E-state index in [1.165, 1.54) is 12.3 Å². The second-order valence-electron chi connectivity index (χ2n) is 4.56. The Morgan fingerprint density at radius 1 is 1.38 bits per heavy atom. The van der Waals surface area contributed by atoms with Crippen molar-refractivity contribution in [2.45, 2.75) is 39.2 Å². The minimum atomic E-state index is -1.02. The number of ether oxygens (including phenoxy) is 1. The lowest BCUT2D eigenvalue weighted by Crippen LogP contribution is -2.24. The molecule has 1 rings (SSSR count). The van der Waals surface area contributed by atoms with Crippen LogP contribution in [0.5, 0.6) is 5.75 Å². The number of H-pyrrole nitrogens is 1. The molecule has 0 atom stereocenters. The first-order valence-corrected chi connectivity index (χ1v) is 6.85. The maximum atomic E-state index is 11.8. The lowest BCUT2D eigenvalue weighted by atomic mass is 10.3. The third kappa shape index (κ3) is 6.60. The molecule has 0 aromatic carbocycles. The number of hydrogen-bond acceptors (Lipinski definition) is 4. The third-order valence-electron chi connectivity index (χ3n) is 2.73. The van der Waals surface area contributed by atoms with Crippen molar-refractivity contribution < 1.29 is 19.4 Å². The zero-order chi connectivity index (χ0) is 15.7. The molecule has 0 saturated carbocycles. The molecule has 3 N–H and O–H groups in total. The monoisotopic (exact) mass is 296 g/mol. The Kier molecular flexibility index (Phi) is 7.00. The molecule has 1 aromatic rings. The fourth-order valence-electron chi connectivity index (χ4n) is 1.54. The molecule has 0 spiro atoms. The second kappa shape index (κ2) is 8.78. The van der Waals surface area contributed by atoms with Gasteiger partial charge in [-0.25, -0.2) is 0 Å². The number of aliphatic carboxylic acids is 1. The van der Waals surface area contributed by atoms with Crippen LogP contribution < -0.4 is 15.5 Å². The van der Waals surface area contributed by atoms with Crippen LogP contribution in [0.25, 0.3) is 0 Å². The average molecular weight is 296 g/mol. The van der Waals surface area contributed by atoms with E-state index >= 15 is 0 Å². The van der Waals surface area contributed by atoms with Gasteiger partial charge in [0.25, 0.3) is 0 Å². The molecule has 21 heavy (non-hydrogen) atoms. The smallest absolute Gasteiger partial charge is 0.303 e. The Morgan fingerprint density at radius 2 is 2.14 bits per heavy atom. The van der Waals surface area contributed by atoms with Crippen molar-refractivity contribution in [3.8, 4) is 5.75 Å². The van der Waals surface area contributed by atoms with Crippen LogP contribution in [0.2, 0.25) is 0 Å². The van der Waals surface area contributed by atoms with Crippen LogP contribution in [-0.2, 0) is 16.1 Å². The summed E-state index contributed by atoms with van der Waals surface area (Å²) in [5, 5.41) is 11.0. The molecule has 1 heterocycles. The van der Waals surface area contributed by atoms with E-state index in [0.717, 1.165) is 12.8 Å². The van der Waals surface area contributed by atoms with Gasteiger partial charge in [-0.2, -0.15) is 0 Å². The van der Waals surface area contributed by atoms with Crippen molar-refractivity contribution in [1.82, 2.24) is 10.3 Å². The Morgan fingerprint density at radius 3 is 2.76 bits per heavy atom. The maximum Gasteiger partial charge on any atom is 0.303 e. The van der Waals surface area contributed by atoms with Crippen LogP contribution in [0.3, 0.4) is 0 Å². The summed E-state index contributed by atoms with van der Waals surface area (Å²) in [5.41, 5.74) is 0.283. The van der Waals surface area contributed by atoms with Gasteiger partial charge in [0.15, 0.2) is 5.75 Å². The molecular weight excluding hydrogens is 276 g/mol. The lowest BCUT2D eigenvalue weighted by molar-refractivity contribution is -0.138. The molecule has 0 unspecified atom stereocenters. The van der Waals surface area contributed by atoms with Crippen LogP contribution in [0.4, 0.5) is 0 Å². The van der Waals surface area contributed by atoms with Gasteiger partial charge in [0, 0.05) is 24.4 Å². The van der Waals surface area contributed by atoms with Crippen molar-refractivity contribution in [1.29, 1.82) is 0 Å². The van der Waals surface area contributed by atoms with E-state index in [2.05, 4.69) is 10.3 Å². The summed E-state index contributed by atoms with van der Waals surface area (Å²) in [6.07, 6.45) is 3.03. The first kappa shape index (κ1) is 16.7. The van der Waals surface area contributed by atoms with E-state index < -0.39 is 5.97 Å². The number of rotatable bonds is 9. The number of amides is 1. The number of carboxylic acids is 1. The molecule has 0 aliphatic carbocycles. The molecule has 1 amide bonds. The fraction of sp³-hybridized carbons (Fsp3) is 0.500. The molecule has 116 valence electrons. The van der Waals surface area contributed by atoms with Gasteiger partial charge in [-0.3, -0.25) is 14.4 Å². The van der Waals surface area contributed by atoms with Crippen LogP contribution in [0, 0.1) is 0 Å². The Balaban J connectivity index is 2.46. The van der Waals surface area contributed by atoms with Gasteiger partial charge in [0.05, 0.1) is 19.6 Å². The van der Waals surface area contributed by atoms with Crippen LogP contribution >= 0.6 is 0 Å². The third-order valence-corrected chi connectivity index (χ3v) is 2.73. The molecule has 7 nitrogen and oxygen atoms in total. The Labute approximate surface area is 122 Å². The highest BCUT2D eigenvalue weighted by Gasteiger charge is 2.06. The zero-order valence-electron chi connectivity index (χ0n) is 12.0. The summed E-state index contributed by atoms with van der Waals surface area (Å²) in [6.45, 7) is 2.66. The number of unbranched alkanes of at least 4 members (excludes halogenated alkanes) is 1. The molecule has 7 heteroatoms. The van der Waals surface area contributed by atoms with Crippen molar-refractivity contribution in [3.63, 3.8) is 0 Å². The highest BCUT2D eigenvalue weighted by Crippen LogP contribution is 2.03. The van der Waals surface area contributed by atoms with Crippen LogP contribution in [-0.4, -0.2) is 28.6 Å². The van der Waals surface area contributed by atoms with Gasteiger partial charge in [-0.1, -0.05) is 13.3 Å². The summed E-state index contributed by atoms with van der Waals surface area (Å²) in [4.78, 5) is 36.3. The molecule has 0 aliphatic heterocycles. The SMILES string of the molecule is CCCCOc1c[nH]c(CNC(=O)CCC(=O)O)cc1=O. The van der Waals surface area contributed by atoms with Crippen LogP contribution in [0.15, 0.2) is 17.1 Å². The van der Waals surface area contributed by atoms with Gasteiger partial charge in [-0.05, 0) is 6.42 Å². The highest BCUT2D eigenvalue weighted by atomic mass is 16.5. The summed E-state index contributed by atoms with van der Waals surface area (Å²) >= 11 is 0. The summed E-state index contributed by atoms with van der Waals surface area (Å²) < 4.78 is 5.33. The number of aromatic amines is 1. The normalized spacial score (nSPS) is 10.1. The first-order chi connectivity index (χ1) is 10.0. The molecule has 0 radical (unpaired) electrons. The number of carbonyl (C=O) groups excluding carboxylic acids is 1. The average Bonchev–Trinajstić information content (AvgIpc) is 2.45. The molecular formula is C14H20N2O5. The van der Waals surface area contributed by atoms with Gasteiger partial charge in [-0.15, -0.1) is 0 Å². The van der Waals surface area contributed by atoms with Crippen molar-refractivity contribution in [2.24, 2.45) is 0 Å². The van der Waals surface area contributed by atoms with E-state index in [1.54, 1.807) is 0 Å². The van der Waals surface area contributed by atoms with E-state index in [1.807, 2.05) is 6.92 Å². The van der Waals surface area contributed by atoms with E-state index in [9.17, 15) is 14.4 Å². The predicted molar refractivity (Wildman–Crippen MR) is 76.2 cm³/mol. The largest absolute Gasteiger partial charge is 0.488 e. The molecule has 0 saturated heterocycles. The van der Waals surface area contributed by atoms with Crippen molar-refractivity contribution >= 4 is 11.9 Å². The number of pyridine rings is 1. The van der Waals surface area contributed by atoms with Gasteiger partial charge in [0.2, 0.25) is 11.3 Å². The predicted octanol–water partition coefficient (Wildman–Crippen LogP) is 1.03. The van der Waals surface area contributed by atoms with E-state index in [-0.39, 0.29) is 36.5 Å². The minimum absolute atomic E-state index is 0.0855. The Bertz CT molecular complexity index is 538. The lowest BCUT2D eigenvalue weighted by Gasteiger charge is -2.07. The topological polar surface area (TPSA) is 108 Å². The number of hydrogen-bond donors (Lipinski definition) is 3. The highest BCUT2D eigenvalue weighted by molar-refractivity contribution is 5.80. The summed E-state index contributed by atoms with van der Waals surface area (Å²) in [5.74, 6) is -1.14. The van der Waals surface area contributed by atoms with Gasteiger partial charge >= 0.3 is 5.97 Å². The second-order valence-corrected chi connectivity index (χ2v) is 4.56. The number of aromatic nitrogens is 1. The summed E-state index contributed by atoms with van der Waals surface area (Å²) in [6, 6.07) is 1.36. The fourth-order valence-corrected chi connectivity index (χ4v) is 1.54. The number of carbonyl (C=O) groups is 2. The minimum Gasteiger partial charge on any atom is -0.488 e. The van der Waals surface area contributed by atoms with E-state index in [0.29, 0.717) is 12.3 Å².